The van der Waals surface area contributed by atoms with Crippen molar-refractivity contribution in [1.29, 1.82) is 0 Å². The maximum Gasteiger partial charge on any atom is 0.220 e. The van der Waals surface area contributed by atoms with Crippen molar-refractivity contribution in [3.63, 3.8) is 0 Å². The van der Waals surface area contributed by atoms with Crippen LogP contribution in [0, 0.1) is 5.92 Å². The molecule has 16 heteroatoms. The number of hydrogen-bond acceptors (Lipinski definition) is 11. The third-order valence-corrected chi connectivity index (χ3v) is 12.3. The molecule has 6 rings (SSSR count). The number of imidazole rings is 1. The number of ether oxygens (including phenoxy) is 2. The van der Waals surface area contributed by atoms with Gasteiger partial charge >= 0.3 is 0 Å². The molecule has 15 nitrogen and oxygen atoms in total. The molecule has 1 unspecified atom stereocenters. The number of aromatic nitrogens is 4. The van der Waals surface area contributed by atoms with Crippen molar-refractivity contribution in [2.45, 2.75) is 145 Å². The minimum atomic E-state index is -0.777. The number of carbonyl (C=O) groups is 4. The fraction of sp³-hybridized carbons (Fsp3) is 0.750. The molecule has 0 bridgehead atoms. The number of thioether (sulfide) groups is 1. The molecule has 4 fully saturated rings. The zero-order valence-electron chi connectivity index (χ0n) is 30.4. The summed E-state index contributed by atoms with van der Waals surface area (Å²) in [7, 11) is 0. The van der Waals surface area contributed by atoms with Crippen molar-refractivity contribution in [3.05, 3.63) is 12.7 Å². The lowest BCUT2D eigenvalue weighted by Gasteiger charge is -2.24. The van der Waals surface area contributed by atoms with Crippen molar-refractivity contribution in [2.24, 2.45) is 5.92 Å². The Hall–Kier alpha value is -3.50. The molecular weight excluding hydrogens is 687 g/mol. The molecule has 0 aromatic carbocycles. The highest BCUT2D eigenvalue weighted by Gasteiger charge is 2.55. The van der Waals surface area contributed by atoms with Gasteiger partial charge in [-0.3, -0.25) is 19.2 Å². The second-order valence-corrected chi connectivity index (χ2v) is 16.4. The number of carbonyl (C=O) groups excluding carboxylic acids is 4. The Bertz CT molecular complexity index is 1570. The van der Waals surface area contributed by atoms with Crippen molar-refractivity contribution < 1.29 is 28.7 Å². The molecule has 1 saturated carbocycles. The topological polar surface area (TPSA) is 204 Å². The van der Waals surface area contributed by atoms with Crippen molar-refractivity contribution in [2.75, 3.05) is 24.6 Å². The van der Waals surface area contributed by atoms with E-state index in [1.165, 1.54) is 6.33 Å². The monoisotopic (exact) mass is 741 g/mol. The van der Waals surface area contributed by atoms with Crippen molar-refractivity contribution >= 4 is 52.4 Å². The number of hydrogen-bond donors (Lipinski definition) is 5. The van der Waals surface area contributed by atoms with Gasteiger partial charge in [-0.05, 0) is 58.8 Å². The van der Waals surface area contributed by atoms with Crippen molar-refractivity contribution in [1.82, 2.24) is 40.8 Å². The number of nitrogens with zero attached hydrogens (tertiary/aromatic N) is 4. The molecule has 1 aliphatic carbocycles. The number of rotatable bonds is 19. The zero-order chi connectivity index (χ0) is 36.7. The molecule has 286 valence electrons. The van der Waals surface area contributed by atoms with Gasteiger partial charge in [-0.1, -0.05) is 19.3 Å². The average molecular weight is 742 g/mol. The largest absolute Gasteiger partial charge is 0.382 e. The summed E-state index contributed by atoms with van der Waals surface area (Å²) in [6.07, 6.45) is 13.1. The fourth-order valence-corrected chi connectivity index (χ4v) is 9.78. The van der Waals surface area contributed by atoms with Crippen LogP contribution in [-0.2, 0) is 28.7 Å². The maximum absolute atomic E-state index is 12.9. The van der Waals surface area contributed by atoms with Gasteiger partial charge in [-0.15, -0.1) is 0 Å². The van der Waals surface area contributed by atoms with E-state index >= 15 is 0 Å². The highest BCUT2D eigenvalue weighted by atomic mass is 32.2. The number of nitrogens with two attached hydrogens (primary N) is 1. The van der Waals surface area contributed by atoms with Crippen LogP contribution in [0.3, 0.4) is 0 Å². The van der Waals surface area contributed by atoms with E-state index in [9.17, 15) is 19.2 Å². The number of nitrogen functional groups attached to an aromatic ring is 1. The number of nitrogens with one attached hydrogen (secondary N) is 4. The summed E-state index contributed by atoms with van der Waals surface area (Å²) in [6, 6.07) is -0.0101. The van der Waals surface area contributed by atoms with E-state index in [1.807, 2.05) is 30.2 Å². The zero-order valence-corrected chi connectivity index (χ0v) is 31.3. The van der Waals surface area contributed by atoms with Crippen LogP contribution >= 0.6 is 11.8 Å². The molecule has 4 aliphatic rings. The van der Waals surface area contributed by atoms with E-state index in [2.05, 4.69) is 36.2 Å². The summed E-state index contributed by atoms with van der Waals surface area (Å²) < 4.78 is 14.5. The minimum Gasteiger partial charge on any atom is -0.382 e. The third-order valence-electron chi connectivity index (χ3n) is 10.7. The predicted molar refractivity (Wildman–Crippen MR) is 197 cm³/mol. The van der Waals surface area contributed by atoms with E-state index in [-0.39, 0.29) is 47.9 Å². The highest BCUT2D eigenvalue weighted by molar-refractivity contribution is 8.00. The Morgan fingerprint density at radius 3 is 2.33 bits per heavy atom. The lowest BCUT2D eigenvalue weighted by atomic mass is 9.94. The summed E-state index contributed by atoms with van der Waals surface area (Å²) in [4.78, 5) is 61.9. The van der Waals surface area contributed by atoms with Gasteiger partial charge < -0.3 is 41.0 Å². The van der Waals surface area contributed by atoms with Gasteiger partial charge in [0.15, 0.2) is 17.3 Å². The minimum absolute atomic E-state index is 0.0297. The SMILES string of the molecule is CC1(C)OC2[C@H](n3cnc4c(N)ncnc43)C[C@H](NC(=O)CCCCCNC(=O)CCCCCNC(=O)CCCC[C@@H]3SC[C@@H]4NC(=O)C[C@@H]43)[C@H]2O1. The van der Waals surface area contributed by atoms with E-state index in [0.29, 0.717) is 79.4 Å². The lowest BCUT2D eigenvalue weighted by molar-refractivity contribution is -0.158. The Balaban J connectivity index is 0.771. The first-order valence-corrected chi connectivity index (χ1v) is 20.1. The average Bonchev–Trinajstić information content (AvgIpc) is 3.91. The van der Waals surface area contributed by atoms with Crippen LogP contribution in [0.15, 0.2) is 12.7 Å². The Morgan fingerprint density at radius 2 is 1.60 bits per heavy atom. The molecular formula is C36H55N9O6S. The molecule has 4 amide bonds. The molecule has 3 saturated heterocycles. The van der Waals surface area contributed by atoms with Gasteiger partial charge in [0.1, 0.15) is 24.1 Å². The molecule has 6 N–H and O–H groups in total. The summed E-state index contributed by atoms with van der Waals surface area (Å²) in [5, 5.41) is 12.8. The quantitative estimate of drug-likeness (QED) is 0.133. The van der Waals surface area contributed by atoms with Gasteiger partial charge in [-0.2, -0.15) is 11.8 Å². The Morgan fingerprint density at radius 1 is 0.923 bits per heavy atom. The van der Waals surface area contributed by atoms with Crippen LogP contribution in [-0.4, -0.2) is 97.3 Å². The number of fused-ring (bicyclic) bond motifs is 3. The number of anilines is 1. The lowest BCUT2D eigenvalue weighted by Crippen LogP contribution is -2.42. The van der Waals surface area contributed by atoms with Crippen molar-refractivity contribution in [3.8, 4) is 0 Å². The first kappa shape index (κ1) is 38.2. The highest BCUT2D eigenvalue weighted by Crippen LogP contribution is 2.45. The van der Waals surface area contributed by atoms with Gasteiger partial charge in [0.25, 0.3) is 0 Å². The first-order valence-electron chi connectivity index (χ1n) is 19.1. The number of unbranched alkanes of at least 4 members (excludes halogenated alkanes) is 5. The van der Waals surface area contributed by atoms with Crippen LogP contribution in [0.4, 0.5) is 5.82 Å². The van der Waals surface area contributed by atoms with Crippen LogP contribution in [0.5, 0.6) is 0 Å². The van der Waals surface area contributed by atoms with Gasteiger partial charge in [0.2, 0.25) is 23.6 Å². The molecule has 2 aromatic heterocycles. The second-order valence-electron chi connectivity index (χ2n) is 15.1. The van der Waals surface area contributed by atoms with E-state index in [4.69, 9.17) is 15.2 Å². The first-order chi connectivity index (χ1) is 25.1. The van der Waals surface area contributed by atoms with Crippen LogP contribution in [0.1, 0.15) is 110 Å². The molecule has 52 heavy (non-hydrogen) atoms. The standard InChI is InChI=1S/C36H55N9O6S/c1-36(2)50-32-23(18-25(33(32)51-36)45-21-42-31-34(37)40-20-41-35(31)45)43-29(48)14-6-4-10-16-38-27(46)12-5-3-9-15-39-28(47)13-8-7-11-26-22-17-30(49)44-24(22)19-52-26/h20-26,32-33H,3-19H2,1-2H3,(H,38,46)(H,39,47)(H,43,48)(H,44,49)(H2,37,40,41)/t22-,23-,24-,25+,26-,32+,33?/m0/s1. The summed E-state index contributed by atoms with van der Waals surface area (Å²) in [6.45, 7) is 4.98. The fourth-order valence-electron chi connectivity index (χ4n) is 8.13. The molecule has 0 spiro atoms. The van der Waals surface area contributed by atoms with E-state index in [1.54, 1.807) is 6.33 Å². The molecule has 0 radical (unpaired) electrons. The maximum atomic E-state index is 12.9. The summed E-state index contributed by atoms with van der Waals surface area (Å²) in [5.74, 6) is 1.31. The predicted octanol–water partition coefficient (Wildman–Crippen LogP) is 2.89. The Kier molecular flexibility index (Phi) is 12.9. The summed E-state index contributed by atoms with van der Waals surface area (Å²) >= 11 is 1.96. The smallest absolute Gasteiger partial charge is 0.220 e. The molecule has 7 atom stereocenters. The molecule has 5 heterocycles. The second kappa shape index (κ2) is 17.5. The molecule has 2 aromatic rings. The normalized spacial score (nSPS) is 27.3. The van der Waals surface area contributed by atoms with Crippen LogP contribution < -0.4 is 27.0 Å². The van der Waals surface area contributed by atoms with Crippen LogP contribution in [0.25, 0.3) is 11.2 Å². The van der Waals surface area contributed by atoms with Gasteiger partial charge in [0, 0.05) is 61.7 Å². The van der Waals surface area contributed by atoms with E-state index in [0.717, 1.165) is 63.5 Å². The van der Waals surface area contributed by atoms with E-state index < -0.39 is 5.79 Å². The van der Waals surface area contributed by atoms with Crippen LogP contribution in [0.2, 0.25) is 0 Å². The van der Waals surface area contributed by atoms with Gasteiger partial charge in [0.05, 0.1) is 18.4 Å². The summed E-state index contributed by atoms with van der Waals surface area (Å²) in [5.41, 5.74) is 7.17. The van der Waals surface area contributed by atoms with Gasteiger partial charge in [-0.25, -0.2) is 15.0 Å². The Labute approximate surface area is 309 Å². The number of amides is 4. The third kappa shape index (κ3) is 9.72. The molecule has 3 aliphatic heterocycles.